The van der Waals surface area contributed by atoms with E-state index in [0.29, 0.717) is 17.1 Å². The predicted molar refractivity (Wildman–Crippen MR) is 103 cm³/mol. The number of sulfone groups is 1. The topological polar surface area (TPSA) is 101 Å². The largest absolute Gasteiger partial charge is 0.330 e. The third-order valence-electron chi connectivity index (χ3n) is 4.34. The molecule has 0 saturated heterocycles. The Morgan fingerprint density at radius 2 is 1.79 bits per heavy atom. The first-order valence-corrected chi connectivity index (χ1v) is 9.93. The van der Waals surface area contributed by atoms with Gasteiger partial charge in [0, 0.05) is 11.9 Å². The number of H-pyrrole nitrogens is 1. The fraction of sp³-hybridized carbons (Fsp3) is 0.158. The number of halogens is 1. The van der Waals surface area contributed by atoms with Gasteiger partial charge in [-0.2, -0.15) is 0 Å². The number of rotatable bonds is 5. The van der Waals surface area contributed by atoms with Crippen LogP contribution in [0.5, 0.6) is 0 Å². The van der Waals surface area contributed by atoms with Gasteiger partial charge in [0.1, 0.15) is 11.1 Å². The highest BCUT2D eigenvalue weighted by Gasteiger charge is 2.30. The first-order valence-electron chi connectivity index (χ1n) is 8.38. The van der Waals surface area contributed by atoms with Crippen LogP contribution >= 0.6 is 0 Å². The van der Waals surface area contributed by atoms with Crippen molar-refractivity contribution in [2.45, 2.75) is 24.0 Å². The maximum absolute atomic E-state index is 13.1. The molecule has 0 radical (unpaired) electrons. The standard InChI is InChI=1S/C19H18FN3O4S/c1-12-11-21-19(25)23(12)17-6-4-3-5-16(17)22-18(24)13(2)28(26,27)15-9-7-14(20)8-10-15/h3-11,13H,1-2H3,(H,21,25)(H,22,24). The average Bonchev–Trinajstić information content (AvgIpc) is 3.00. The minimum absolute atomic E-state index is 0.150. The summed E-state index contributed by atoms with van der Waals surface area (Å²) in [5, 5.41) is 1.15. The number of anilines is 1. The SMILES string of the molecule is Cc1c[nH]c(=O)n1-c1ccccc1NC(=O)C(C)S(=O)(=O)c1ccc(F)cc1. The second kappa shape index (κ2) is 7.43. The molecule has 28 heavy (non-hydrogen) atoms. The molecule has 1 amide bonds. The van der Waals surface area contributed by atoms with Crippen molar-refractivity contribution in [3.05, 3.63) is 76.7 Å². The molecule has 9 heteroatoms. The zero-order valence-corrected chi connectivity index (χ0v) is 16.0. The van der Waals surface area contributed by atoms with Crippen LogP contribution in [0.2, 0.25) is 0 Å². The highest BCUT2D eigenvalue weighted by Crippen LogP contribution is 2.22. The molecule has 0 aliphatic heterocycles. The quantitative estimate of drug-likeness (QED) is 0.639. The number of carbonyl (C=O) groups excluding carboxylic acids is 1. The van der Waals surface area contributed by atoms with Gasteiger partial charge in [-0.15, -0.1) is 0 Å². The number of carbonyl (C=O) groups is 1. The molecule has 0 bridgehead atoms. The maximum Gasteiger partial charge on any atom is 0.330 e. The second-order valence-electron chi connectivity index (χ2n) is 6.22. The van der Waals surface area contributed by atoms with Gasteiger partial charge >= 0.3 is 5.69 Å². The first kappa shape index (κ1) is 19.6. The van der Waals surface area contributed by atoms with Gasteiger partial charge < -0.3 is 10.3 Å². The lowest BCUT2D eigenvalue weighted by atomic mass is 10.2. The highest BCUT2D eigenvalue weighted by atomic mass is 32.2. The molecule has 146 valence electrons. The Bertz CT molecular complexity index is 1180. The van der Waals surface area contributed by atoms with Crippen molar-refractivity contribution in [2.24, 2.45) is 0 Å². The molecule has 3 rings (SSSR count). The molecular formula is C19H18FN3O4S. The van der Waals surface area contributed by atoms with Gasteiger partial charge in [-0.05, 0) is 50.2 Å². The van der Waals surface area contributed by atoms with Crippen LogP contribution in [0.15, 0.2) is 64.4 Å². The van der Waals surface area contributed by atoms with Crippen LogP contribution in [0.4, 0.5) is 10.1 Å². The highest BCUT2D eigenvalue weighted by molar-refractivity contribution is 7.92. The Hall–Kier alpha value is -3.20. The summed E-state index contributed by atoms with van der Waals surface area (Å²) in [6, 6.07) is 10.8. The van der Waals surface area contributed by atoms with Crippen molar-refractivity contribution in [3.63, 3.8) is 0 Å². The molecule has 0 spiro atoms. The number of hydrogen-bond acceptors (Lipinski definition) is 4. The molecule has 0 aliphatic carbocycles. The summed E-state index contributed by atoms with van der Waals surface area (Å²) in [6.45, 7) is 2.97. The number of para-hydroxylation sites is 2. The number of aromatic nitrogens is 2. The molecule has 1 atom stereocenters. The molecule has 0 saturated carbocycles. The summed E-state index contributed by atoms with van der Waals surface area (Å²) >= 11 is 0. The normalized spacial score (nSPS) is 12.5. The van der Waals surface area contributed by atoms with Crippen molar-refractivity contribution in [1.29, 1.82) is 0 Å². The molecule has 1 aromatic heterocycles. The second-order valence-corrected chi connectivity index (χ2v) is 8.49. The van der Waals surface area contributed by atoms with Gasteiger partial charge in [0.25, 0.3) is 0 Å². The van der Waals surface area contributed by atoms with E-state index in [-0.39, 0.29) is 10.6 Å². The Kier molecular flexibility index (Phi) is 5.19. The van der Waals surface area contributed by atoms with Crippen molar-refractivity contribution in [2.75, 3.05) is 5.32 Å². The molecule has 7 nitrogen and oxygen atoms in total. The number of benzene rings is 2. The van der Waals surface area contributed by atoms with E-state index in [0.717, 1.165) is 24.3 Å². The first-order chi connectivity index (χ1) is 13.2. The van der Waals surface area contributed by atoms with E-state index in [9.17, 15) is 22.4 Å². The number of nitrogens with zero attached hydrogens (tertiary/aromatic N) is 1. The molecule has 1 unspecified atom stereocenters. The Balaban J connectivity index is 1.92. The minimum Gasteiger partial charge on any atom is -0.323 e. The van der Waals surface area contributed by atoms with Crippen LogP contribution < -0.4 is 11.0 Å². The molecule has 2 aromatic carbocycles. The van der Waals surface area contributed by atoms with Crippen molar-refractivity contribution < 1.29 is 17.6 Å². The van der Waals surface area contributed by atoms with E-state index >= 15 is 0 Å². The van der Waals surface area contributed by atoms with Crippen LogP contribution in [-0.4, -0.2) is 29.1 Å². The lowest BCUT2D eigenvalue weighted by Gasteiger charge is -2.16. The molecule has 0 aliphatic rings. The summed E-state index contributed by atoms with van der Waals surface area (Å²) in [5.74, 6) is -1.34. The Morgan fingerprint density at radius 3 is 2.39 bits per heavy atom. The Morgan fingerprint density at radius 1 is 1.14 bits per heavy atom. The number of amides is 1. The monoisotopic (exact) mass is 403 g/mol. The lowest BCUT2D eigenvalue weighted by molar-refractivity contribution is -0.115. The number of imidazole rings is 1. The lowest BCUT2D eigenvalue weighted by Crippen LogP contribution is -2.33. The third kappa shape index (κ3) is 3.61. The molecule has 0 fully saturated rings. The summed E-state index contributed by atoms with van der Waals surface area (Å²) in [5.41, 5.74) is 0.939. The van der Waals surface area contributed by atoms with Gasteiger partial charge in [0.2, 0.25) is 5.91 Å². The van der Waals surface area contributed by atoms with Crippen molar-refractivity contribution >= 4 is 21.4 Å². The Labute approximate surface area is 160 Å². The summed E-state index contributed by atoms with van der Waals surface area (Å²) in [6.07, 6.45) is 1.53. The van der Waals surface area contributed by atoms with Gasteiger partial charge in [-0.25, -0.2) is 17.6 Å². The van der Waals surface area contributed by atoms with Crippen molar-refractivity contribution in [1.82, 2.24) is 9.55 Å². The van der Waals surface area contributed by atoms with Crippen LogP contribution in [0.25, 0.3) is 5.69 Å². The van der Waals surface area contributed by atoms with Gasteiger partial charge in [-0.1, -0.05) is 12.1 Å². The fourth-order valence-electron chi connectivity index (χ4n) is 2.73. The van der Waals surface area contributed by atoms with E-state index in [4.69, 9.17) is 0 Å². The molecule has 1 heterocycles. The van der Waals surface area contributed by atoms with E-state index < -0.39 is 26.8 Å². The van der Waals surface area contributed by atoms with Gasteiger partial charge in [-0.3, -0.25) is 9.36 Å². The third-order valence-corrected chi connectivity index (χ3v) is 6.41. The van der Waals surface area contributed by atoms with Gasteiger partial charge in [0.05, 0.1) is 16.3 Å². The number of hydrogen-bond donors (Lipinski definition) is 2. The van der Waals surface area contributed by atoms with E-state index in [1.165, 1.54) is 17.7 Å². The predicted octanol–water partition coefficient (Wildman–Crippen LogP) is 2.41. The number of aromatic amines is 1. The van der Waals surface area contributed by atoms with Crippen LogP contribution in [0.3, 0.4) is 0 Å². The average molecular weight is 403 g/mol. The zero-order valence-electron chi connectivity index (χ0n) is 15.1. The van der Waals surface area contributed by atoms with E-state index in [1.54, 1.807) is 31.2 Å². The van der Waals surface area contributed by atoms with Crippen molar-refractivity contribution in [3.8, 4) is 5.69 Å². The molecule has 2 N–H and O–H groups in total. The molecule has 3 aromatic rings. The number of nitrogens with one attached hydrogen (secondary N) is 2. The van der Waals surface area contributed by atoms with Crippen LogP contribution in [-0.2, 0) is 14.6 Å². The van der Waals surface area contributed by atoms with Gasteiger partial charge in [0.15, 0.2) is 9.84 Å². The number of aryl methyl sites for hydroxylation is 1. The fourth-order valence-corrected chi connectivity index (χ4v) is 4.00. The van der Waals surface area contributed by atoms with E-state index in [2.05, 4.69) is 10.3 Å². The van der Waals surface area contributed by atoms with Crippen LogP contribution in [0, 0.1) is 12.7 Å². The van der Waals surface area contributed by atoms with Crippen LogP contribution in [0.1, 0.15) is 12.6 Å². The van der Waals surface area contributed by atoms with E-state index in [1.807, 2.05) is 0 Å². The molecular weight excluding hydrogens is 385 g/mol. The zero-order chi connectivity index (χ0) is 20.5. The smallest absolute Gasteiger partial charge is 0.323 e. The summed E-state index contributed by atoms with van der Waals surface area (Å²) in [7, 11) is -4.01. The maximum atomic E-state index is 13.1. The summed E-state index contributed by atoms with van der Waals surface area (Å²) in [4.78, 5) is 27.1. The minimum atomic E-state index is -4.01. The summed E-state index contributed by atoms with van der Waals surface area (Å²) < 4.78 is 39.7.